The van der Waals surface area contributed by atoms with Gasteiger partial charge in [0.25, 0.3) is 17.1 Å². The molecule has 11 heteroatoms. The molecule has 0 spiro atoms. The highest BCUT2D eigenvalue weighted by Gasteiger charge is 2.36. The SMILES string of the molecule is CCOc1cc(/C=C2\SC(=O)N(Cc3c(F)cccc3Cl)C2=O)ccc1OCC(=O)Nc1ccccc1Cl. The van der Waals surface area contributed by atoms with Gasteiger partial charge in [-0.1, -0.05) is 47.5 Å². The summed E-state index contributed by atoms with van der Waals surface area (Å²) in [6.07, 6.45) is 1.53. The van der Waals surface area contributed by atoms with Crippen LogP contribution in [0.15, 0.2) is 65.6 Å². The number of anilines is 1. The lowest BCUT2D eigenvalue weighted by Crippen LogP contribution is -2.28. The number of para-hydroxylation sites is 1. The molecular formula is C27H21Cl2FN2O5S. The van der Waals surface area contributed by atoms with Crippen molar-refractivity contribution < 1.29 is 28.2 Å². The number of thioether (sulfide) groups is 1. The van der Waals surface area contributed by atoms with Gasteiger partial charge in [0.2, 0.25) is 0 Å². The summed E-state index contributed by atoms with van der Waals surface area (Å²) in [5.74, 6) is -0.898. The fraction of sp³-hybridized carbons (Fsp3) is 0.148. The zero-order chi connectivity index (χ0) is 27.2. The molecular weight excluding hydrogens is 554 g/mol. The maximum Gasteiger partial charge on any atom is 0.293 e. The second kappa shape index (κ2) is 12.3. The number of benzene rings is 3. The number of nitrogens with zero attached hydrogens (tertiary/aromatic N) is 1. The standard InChI is InChI=1S/C27H21Cl2FN2O5S/c1-2-36-23-12-16(10-11-22(23)37-15-25(33)31-21-9-4-3-6-19(21)29)13-24-26(34)32(27(35)38-24)14-17-18(28)7-5-8-20(17)30/h3-13H,2,14-15H2,1H3,(H,31,33)/b24-13-. The average Bonchev–Trinajstić information content (AvgIpc) is 3.14. The maximum atomic E-state index is 14.2. The van der Waals surface area contributed by atoms with E-state index in [0.29, 0.717) is 34.4 Å². The van der Waals surface area contributed by atoms with Gasteiger partial charge in [-0.2, -0.15) is 0 Å². The first-order chi connectivity index (χ1) is 18.3. The van der Waals surface area contributed by atoms with Gasteiger partial charge < -0.3 is 14.8 Å². The third kappa shape index (κ3) is 6.48. The van der Waals surface area contributed by atoms with Crippen LogP contribution in [0.3, 0.4) is 0 Å². The van der Waals surface area contributed by atoms with Crippen LogP contribution >= 0.6 is 35.0 Å². The summed E-state index contributed by atoms with van der Waals surface area (Å²) < 4.78 is 25.5. The Morgan fingerprint density at radius 3 is 2.53 bits per heavy atom. The van der Waals surface area contributed by atoms with Gasteiger partial charge in [0, 0.05) is 10.6 Å². The Balaban J connectivity index is 1.47. The highest BCUT2D eigenvalue weighted by Crippen LogP contribution is 2.36. The molecule has 0 unspecified atom stereocenters. The highest BCUT2D eigenvalue weighted by atomic mass is 35.5. The minimum Gasteiger partial charge on any atom is -0.490 e. The molecule has 3 aromatic rings. The minimum atomic E-state index is -0.599. The second-order valence-corrected chi connectivity index (χ2v) is 9.73. The predicted molar refractivity (Wildman–Crippen MR) is 146 cm³/mol. The van der Waals surface area contributed by atoms with E-state index < -0.39 is 22.9 Å². The number of carbonyl (C=O) groups is 3. The van der Waals surface area contributed by atoms with Crippen LogP contribution in [-0.2, 0) is 16.1 Å². The van der Waals surface area contributed by atoms with Crippen LogP contribution in [0.4, 0.5) is 14.9 Å². The quantitative estimate of drug-likeness (QED) is 0.283. The molecule has 0 bridgehead atoms. The first-order valence-electron chi connectivity index (χ1n) is 11.4. The molecule has 0 aliphatic carbocycles. The van der Waals surface area contributed by atoms with E-state index in [1.165, 1.54) is 24.3 Å². The molecule has 0 aromatic heterocycles. The number of nitrogens with one attached hydrogen (secondary N) is 1. The molecule has 1 N–H and O–H groups in total. The van der Waals surface area contributed by atoms with Crippen molar-refractivity contribution in [3.8, 4) is 11.5 Å². The summed E-state index contributed by atoms with van der Waals surface area (Å²) in [6.45, 7) is 1.55. The Morgan fingerprint density at radius 2 is 1.79 bits per heavy atom. The topological polar surface area (TPSA) is 84.9 Å². The van der Waals surface area contributed by atoms with E-state index in [1.807, 2.05) is 0 Å². The molecule has 0 saturated carbocycles. The minimum absolute atomic E-state index is 0.0661. The van der Waals surface area contributed by atoms with Crippen molar-refractivity contribution in [3.63, 3.8) is 0 Å². The molecule has 3 aromatic carbocycles. The molecule has 0 atom stereocenters. The molecule has 1 aliphatic rings. The number of hydrogen-bond donors (Lipinski definition) is 1. The van der Waals surface area contributed by atoms with Gasteiger partial charge in [-0.05, 0) is 66.7 Å². The van der Waals surface area contributed by atoms with Crippen LogP contribution < -0.4 is 14.8 Å². The van der Waals surface area contributed by atoms with E-state index in [-0.39, 0.29) is 28.6 Å². The number of imide groups is 1. The van der Waals surface area contributed by atoms with Crippen LogP contribution in [0, 0.1) is 5.82 Å². The van der Waals surface area contributed by atoms with E-state index in [9.17, 15) is 18.8 Å². The molecule has 7 nitrogen and oxygen atoms in total. The number of carbonyl (C=O) groups excluding carboxylic acids is 3. The van der Waals surface area contributed by atoms with Crippen molar-refractivity contribution in [2.24, 2.45) is 0 Å². The van der Waals surface area contributed by atoms with Crippen molar-refractivity contribution in [2.75, 3.05) is 18.5 Å². The van der Waals surface area contributed by atoms with Crippen LogP contribution in [0.2, 0.25) is 10.0 Å². The average molecular weight is 575 g/mol. The third-order valence-electron chi connectivity index (χ3n) is 5.32. The molecule has 1 saturated heterocycles. The molecule has 1 fully saturated rings. The fourth-order valence-electron chi connectivity index (χ4n) is 3.52. The molecule has 196 valence electrons. The molecule has 0 radical (unpaired) electrons. The van der Waals surface area contributed by atoms with Crippen LogP contribution in [0.1, 0.15) is 18.1 Å². The largest absolute Gasteiger partial charge is 0.490 e. The normalized spacial score (nSPS) is 14.2. The highest BCUT2D eigenvalue weighted by molar-refractivity contribution is 8.18. The van der Waals surface area contributed by atoms with Crippen molar-refractivity contribution >= 4 is 63.8 Å². The monoisotopic (exact) mass is 574 g/mol. The first kappa shape index (κ1) is 27.5. The smallest absolute Gasteiger partial charge is 0.293 e. The van der Waals surface area contributed by atoms with E-state index in [1.54, 1.807) is 49.4 Å². The number of hydrogen-bond acceptors (Lipinski definition) is 6. The van der Waals surface area contributed by atoms with E-state index in [4.69, 9.17) is 32.7 Å². The van der Waals surface area contributed by atoms with Crippen molar-refractivity contribution in [1.82, 2.24) is 4.90 Å². The second-order valence-electron chi connectivity index (χ2n) is 7.92. The predicted octanol–water partition coefficient (Wildman–Crippen LogP) is 6.79. The Kier molecular flexibility index (Phi) is 8.93. The van der Waals surface area contributed by atoms with Gasteiger partial charge in [-0.3, -0.25) is 19.3 Å². The summed E-state index contributed by atoms with van der Waals surface area (Å²) in [5, 5.41) is 2.68. The number of ether oxygens (including phenoxy) is 2. The van der Waals surface area contributed by atoms with Gasteiger partial charge in [0.1, 0.15) is 5.82 Å². The van der Waals surface area contributed by atoms with Gasteiger partial charge in [0.05, 0.1) is 28.8 Å². The molecule has 4 rings (SSSR count). The van der Waals surface area contributed by atoms with Gasteiger partial charge >= 0.3 is 0 Å². The zero-order valence-corrected chi connectivity index (χ0v) is 22.3. The van der Waals surface area contributed by atoms with Gasteiger partial charge in [-0.15, -0.1) is 0 Å². The molecule has 1 aliphatic heterocycles. The molecule has 38 heavy (non-hydrogen) atoms. The maximum absolute atomic E-state index is 14.2. The number of rotatable bonds is 9. The zero-order valence-electron chi connectivity index (χ0n) is 20.0. The van der Waals surface area contributed by atoms with Crippen LogP contribution in [0.5, 0.6) is 11.5 Å². The molecule has 1 heterocycles. The Bertz CT molecular complexity index is 1410. The van der Waals surface area contributed by atoms with Gasteiger partial charge in [0.15, 0.2) is 18.1 Å². The van der Waals surface area contributed by atoms with Crippen molar-refractivity contribution in [1.29, 1.82) is 0 Å². The fourth-order valence-corrected chi connectivity index (χ4v) is 4.77. The number of halogens is 3. The first-order valence-corrected chi connectivity index (χ1v) is 13.0. The number of amides is 3. The van der Waals surface area contributed by atoms with Crippen molar-refractivity contribution in [3.05, 3.63) is 92.6 Å². The van der Waals surface area contributed by atoms with E-state index in [2.05, 4.69) is 5.32 Å². The third-order valence-corrected chi connectivity index (χ3v) is 6.91. The van der Waals surface area contributed by atoms with Crippen LogP contribution in [0.25, 0.3) is 6.08 Å². The summed E-state index contributed by atoms with van der Waals surface area (Å²) in [6, 6.07) is 15.9. The van der Waals surface area contributed by atoms with Crippen molar-refractivity contribution in [2.45, 2.75) is 13.5 Å². The lowest BCUT2D eigenvalue weighted by molar-refractivity contribution is -0.123. The Hall–Kier alpha value is -3.53. The van der Waals surface area contributed by atoms with Crippen LogP contribution in [-0.4, -0.2) is 35.2 Å². The molecule has 3 amide bonds. The Morgan fingerprint density at radius 1 is 1.03 bits per heavy atom. The Labute approximate surface area is 232 Å². The lowest BCUT2D eigenvalue weighted by atomic mass is 10.1. The summed E-state index contributed by atoms with van der Waals surface area (Å²) >= 11 is 12.9. The summed E-state index contributed by atoms with van der Waals surface area (Å²) in [5.41, 5.74) is 1.10. The van der Waals surface area contributed by atoms with E-state index in [0.717, 1.165) is 16.7 Å². The summed E-state index contributed by atoms with van der Waals surface area (Å²) in [7, 11) is 0. The van der Waals surface area contributed by atoms with E-state index >= 15 is 0 Å². The van der Waals surface area contributed by atoms with Gasteiger partial charge in [-0.25, -0.2) is 4.39 Å². The lowest BCUT2D eigenvalue weighted by Gasteiger charge is -2.14. The summed E-state index contributed by atoms with van der Waals surface area (Å²) in [4.78, 5) is 38.9.